The van der Waals surface area contributed by atoms with Crippen LogP contribution in [0.4, 0.5) is 5.00 Å². The molecule has 3 rings (SSSR count). The van der Waals surface area contributed by atoms with Crippen molar-refractivity contribution >= 4 is 22.2 Å². The second kappa shape index (κ2) is 4.94. The summed E-state index contributed by atoms with van der Waals surface area (Å²) < 4.78 is 0. The number of nitrogens with one attached hydrogen (secondary N) is 1. The first-order chi connectivity index (χ1) is 9.63. The Morgan fingerprint density at radius 1 is 1.45 bits per heavy atom. The van der Waals surface area contributed by atoms with Crippen molar-refractivity contribution in [3.63, 3.8) is 0 Å². The molecule has 20 heavy (non-hydrogen) atoms. The third kappa shape index (κ3) is 1.91. The van der Waals surface area contributed by atoms with E-state index in [1.54, 1.807) is 11.3 Å². The third-order valence-corrected chi connectivity index (χ3v) is 4.87. The largest absolute Gasteiger partial charge is 0.390 e. The topological polar surface area (TPSA) is 55.1 Å². The molecule has 4 heteroatoms. The summed E-state index contributed by atoms with van der Waals surface area (Å²) in [6.45, 7) is 4.76. The van der Waals surface area contributed by atoms with E-state index in [1.807, 2.05) is 13.0 Å². The van der Waals surface area contributed by atoms with Crippen LogP contribution < -0.4 is 11.1 Å². The van der Waals surface area contributed by atoms with Gasteiger partial charge in [0, 0.05) is 17.0 Å². The number of carbonyl (C=O) groups is 1. The van der Waals surface area contributed by atoms with Crippen LogP contribution in [-0.4, -0.2) is 12.5 Å². The predicted octanol–water partition coefficient (Wildman–Crippen LogP) is 3.41. The van der Waals surface area contributed by atoms with E-state index in [0.717, 1.165) is 17.5 Å². The van der Waals surface area contributed by atoms with Crippen molar-refractivity contribution in [2.75, 3.05) is 12.3 Å². The minimum absolute atomic E-state index is 0.0631. The number of fused-ring (bicyclic) bond motifs is 3. The molecule has 0 spiro atoms. The molecular weight excluding hydrogens is 268 g/mol. The van der Waals surface area contributed by atoms with Crippen molar-refractivity contribution in [3.05, 3.63) is 40.3 Å². The normalized spacial score (nSPS) is 16.4. The van der Waals surface area contributed by atoms with Crippen LogP contribution in [0, 0.1) is 0 Å². The van der Waals surface area contributed by atoms with Crippen molar-refractivity contribution in [2.24, 2.45) is 0 Å². The highest BCUT2D eigenvalue weighted by atomic mass is 32.1. The number of thiophene rings is 1. The van der Waals surface area contributed by atoms with Crippen LogP contribution in [-0.2, 0) is 6.42 Å². The molecule has 0 bridgehead atoms. The monoisotopic (exact) mass is 286 g/mol. The average Bonchev–Trinajstić information content (AvgIpc) is 2.75. The summed E-state index contributed by atoms with van der Waals surface area (Å²) in [5.74, 6) is 0.408. The Morgan fingerprint density at radius 3 is 2.95 bits per heavy atom. The summed E-state index contributed by atoms with van der Waals surface area (Å²) in [6, 6.07) is 8.33. The van der Waals surface area contributed by atoms with Gasteiger partial charge in [0.05, 0.1) is 10.6 Å². The van der Waals surface area contributed by atoms with E-state index >= 15 is 0 Å². The maximum atomic E-state index is 12.3. The van der Waals surface area contributed by atoms with E-state index in [4.69, 9.17) is 5.73 Å². The first-order valence-corrected chi connectivity index (χ1v) is 7.73. The smallest absolute Gasteiger partial charge is 0.254 e. The minimum Gasteiger partial charge on any atom is -0.390 e. The zero-order chi connectivity index (χ0) is 14.3. The first-order valence-electron chi connectivity index (χ1n) is 6.92. The number of hydrogen-bond donors (Lipinski definition) is 2. The Kier molecular flexibility index (Phi) is 3.26. The zero-order valence-electron chi connectivity index (χ0n) is 11.7. The predicted molar refractivity (Wildman–Crippen MR) is 84.3 cm³/mol. The van der Waals surface area contributed by atoms with Gasteiger partial charge in [0.15, 0.2) is 0 Å². The number of carbonyl (C=O) groups excluding carboxylic acids is 1. The number of nitrogens with two attached hydrogens (primary N) is 1. The average molecular weight is 286 g/mol. The van der Waals surface area contributed by atoms with Crippen LogP contribution in [0.25, 0.3) is 11.1 Å². The zero-order valence-corrected chi connectivity index (χ0v) is 12.5. The molecule has 0 radical (unpaired) electrons. The van der Waals surface area contributed by atoms with E-state index < -0.39 is 0 Å². The molecule has 0 saturated heterocycles. The molecule has 1 unspecified atom stereocenters. The van der Waals surface area contributed by atoms with Crippen LogP contribution in [0.5, 0.6) is 0 Å². The van der Waals surface area contributed by atoms with Gasteiger partial charge < -0.3 is 11.1 Å². The van der Waals surface area contributed by atoms with E-state index in [1.165, 1.54) is 10.4 Å². The van der Waals surface area contributed by atoms with Gasteiger partial charge in [-0.3, -0.25) is 4.79 Å². The summed E-state index contributed by atoms with van der Waals surface area (Å²) in [5.41, 5.74) is 10.3. The number of benzene rings is 1. The van der Waals surface area contributed by atoms with Gasteiger partial charge in [0.2, 0.25) is 0 Å². The van der Waals surface area contributed by atoms with Gasteiger partial charge in [-0.2, -0.15) is 0 Å². The lowest BCUT2D eigenvalue weighted by Gasteiger charge is -2.23. The second-order valence-electron chi connectivity index (χ2n) is 5.19. The van der Waals surface area contributed by atoms with Gasteiger partial charge in [-0.05, 0) is 30.4 Å². The number of rotatable bonds is 2. The summed E-state index contributed by atoms with van der Waals surface area (Å²) in [6.07, 6.45) is 0.959. The summed E-state index contributed by atoms with van der Waals surface area (Å²) in [4.78, 5) is 13.5. The van der Waals surface area contributed by atoms with Gasteiger partial charge in [-0.25, -0.2) is 0 Å². The third-order valence-electron chi connectivity index (χ3n) is 3.83. The van der Waals surface area contributed by atoms with Crippen LogP contribution >= 0.6 is 11.3 Å². The molecule has 1 aromatic carbocycles. The van der Waals surface area contributed by atoms with Crippen LogP contribution in [0.1, 0.15) is 40.6 Å². The number of anilines is 1. The fraction of sp³-hybridized carbons (Fsp3) is 0.312. The molecule has 1 heterocycles. The van der Waals surface area contributed by atoms with Gasteiger partial charge in [-0.1, -0.05) is 31.2 Å². The number of amides is 1. The van der Waals surface area contributed by atoms with Gasteiger partial charge in [0.1, 0.15) is 0 Å². The fourth-order valence-electron chi connectivity index (χ4n) is 2.94. The molecule has 1 aliphatic carbocycles. The highest BCUT2D eigenvalue weighted by Crippen LogP contribution is 2.47. The molecule has 0 aliphatic heterocycles. The van der Waals surface area contributed by atoms with E-state index in [-0.39, 0.29) is 5.91 Å². The van der Waals surface area contributed by atoms with Gasteiger partial charge in [-0.15, -0.1) is 11.3 Å². The molecule has 3 nitrogen and oxygen atoms in total. The Balaban J connectivity index is 2.22. The molecule has 0 fully saturated rings. The lowest BCUT2D eigenvalue weighted by molar-refractivity contribution is 0.0957. The Bertz CT molecular complexity index is 675. The first kappa shape index (κ1) is 13.2. The van der Waals surface area contributed by atoms with Crippen LogP contribution in [0.15, 0.2) is 24.3 Å². The Labute approximate surface area is 122 Å². The van der Waals surface area contributed by atoms with Crippen LogP contribution in [0.3, 0.4) is 0 Å². The molecule has 1 aromatic heterocycles. The minimum atomic E-state index is -0.0631. The molecule has 3 N–H and O–H groups in total. The molecule has 1 atom stereocenters. The fourth-order valence-corrected chi connectivity index (χ4v) is 4.15. The summed E-state index contributed by atoms with van der Waals surface area (Å²) in [5, 5.41) is 3.50. The maximum Gasteiger partial charge on any atom is 0.254 e. The number of nitrogen functional groups attached to an aromatic ring is 1. The van der Waals surface area contributed by atoms with E-state index in [9.17, 15) is 4.79 Å². The molecule has 1 amide bonds. The highest BCUT2D eigenvalue weighted by molar-refractivity contribution is 7.17. The summed E-state index contributed by atoms with van der Waals surface area (Å²) in [7, 11) is 0. The summed E-state index contributed by atoms with van der Waals surface area (Å²) >= 11 is 1.56. The van der Waals surface area contributed by atoms with Crippen molar-refractivity contribution in [1.29, 1.82) is 0 Å². The maximum absolute atomic E-state index is 12.3. The van der Waals surface area contributed by atoms with Gasteiger partial charge in [0.25, 0.3) is 5.91 Å². The van der Waals surface area contributed by atoms with Crippen molar-refractivity contribution in [1.82, 2.24) is 5.32 Å². The molecule has 0 saturated carbocycles. The van der Waals surface area contributed by atoms with Gasteiger partial charge >= 0.3 is 0 Å². The van der Waals surface area contributed by atoms with E-state index in [0.29, 0.717) is 23.0 Å². The highest BCUT2D eigenvalue weighted by Gasteiger charge is 2.29. The molecular formula is C16H18N2OS. The SMILES string of the molecule is CCNC(=O)c1c(N)sc2c1-c1ccccc1C(C)C2. The Morgan fingerprint density at radius 2 is 2.20 bits per heavy atom. The quantitative estimate of drug-likeness (QED) is 0.889. The number of hydrogen-bond acceptors (Lipinski definition) is 3. The molecule has 104 valence electrons. The van der Waals surface area contributed by atoms with E-state index in [2.05, 4.69) is 30.4 Å². The Hall–Kier alpha value is -1.81. The van der Waals surface area contributed by atoms with Crippen molar-refractivity contribution < 1.29 is 4.79 Å². The molecule has 1 aliphatic rings. The van der Waals surface area contributed by atoms with Crippen LogP contribution in [0.2, 0.25) is 0 Å². The standard InChI is InChI=1S/C16H18N2OS/c1-3-18-16(19)14-13-11-7-5-4-6-10(11)9(2)8-12(13)20-15(14)17/h4-7,9H,3,8,17H2,1-2H3,(H,18,19). The lowest BCUT2D eigenvalue weighted by Crippen LogP contribution is -2.24. The lowest BCUT2D eigenvalue weighted by atomic mass is 9.82. The van der Waals surface area contributed by atoms with Crippen molar-refractivity contribution in [3.8, 4) is 11.1 Å². The second-order valence-corrected chi connectivity index (χ2v) is 6.33. The molecule has 2 aromatic rings. The van der Waals surface area contributed by atoms with Crippen molar-refractivity contribution in [2.45, 2.75) is 26.2 Å².